The van der Waals surface area contributed by atoms with Crippen molar-refractivity contribution in [2.45, 2.75) is 58.5 Å². The lowest BCUT2D eigenvalue weighted by Crippen LogP contribution is -2.44. The number of hydrogen-bond donors (Lipinski definition) is 1. The van der Waals surface area contributed by atoms with Crippen LogP contribution in [0.5, 0.6) is 0 Å². The second kappa shape index (κ2) is 5.45. The van der Waals surface area contributed by atoms with Gasteiger partial charge in [-0.15, -0.1) is 0 Å². The van der Waals surface area contributed by atoms with E-state index in [4.69, 9.17) is 4.74 Å². The van der Waals surface area contributed by atoms with Crippen molar-refractivity contribution in [1.82, 2.24) is 10.2 Å². The SMILES string of the molecule is CC(C)(C)OC(=O)N1CCCC(C2CC23CCNCC3)C1. The molecule has 0 aromatic carbocycles. The zero-order valence-electron chi connectivity index (χ0n) is 13.8. The molecule has 1 spiro atoms. The molecule has 21 heavy (non-hydrogen) atoms. The summed E-state index contributed by atoms with van der Waals surface area (Å²) in [4.78, 5) is 14.2. The summed E-state index contributed by atoms with van der Waals surface area (Å²) in [6.07, 6.45) is 6.36. The fourth-order valence-corrected chi connectivity index (χ4v) is 4.38. The van der Waals surface area contributed by atoms with E-state index in [1.54, 1.807) is 0 Å². The molecule has 4 nitrogen and oxygen atoms in total. The van der Waals surface area contributed by atoms with Crippen molar-refractivity contribution in [3.8, 4) is 0 Å². The Hall–Kier alpha value is -0.770. The molecule has 3 rings (SSSR count). The van der Waals surface area contributed by atoms with Crippen LogP contribution in [0.1, 0.15) is 52.9 Å². The zero-order chi connectivity index (χ0) is 15.1. The predicted octanol–water partition coefficient (Wildman–Crippen LogP) is 3.02. The fraction of sp³-hybridized carbons (Fsp3) is 0.941. The maximum absolute atomic E-state index is 12.3. The Morgan fingerprint density at radius 1 is 1.29 bits per heavy atom. The van der Waals surface area contributed by atoms with Crippen LogP contribution in [0, 0.1) is 17.3 Å². The van der Waals surface area contributed by atoms with Gasteiger partial charge in [0.25, 0.3) is 0 Å². The molecule has 2 heterocycles. The molecule has 1 aliphatic carbocycles. The highest BCUT2D eigenvalue weighted by Crippen LogP contribution is 2.62. The molecule has 1 amide bonds. The Kier molecular flexibility index (Phi) is 3.93. The molecule has 1 N–H and O–H groups in total. The normalized spacial score (nSPS) is 32.0. The third-order valence-electron chi connectivity index (χ3n) is 5.53. The van der Waals surface area contributed by atoms with Gasteiger partial charge in [-0.2, -0.15) is 0 Å². The smallest absolute Gasteiger partial charge is 0.410 e. The molecule has 0 bridgehead atoms. The van der Waals surface area contributed by atoms with Crippen LogP contribution in [-0.2, 0) is 4.74 Å². The summed E-state index contributed by atoms with van der Waals surface area (Å²) >= 11 is 0. The first kappa shape index (κ1) is 15.1. The number of carbonyl (C=O) groups is 1. The first-order valence-electron chi connectivity index (χ1n) is 8.58. The Morgan fingerprint density at radius 3 is 2.67 bits per heavy atom. The molecule has 2 aliphatic heterocycles. The number of likely N-dealkylation sites (tertiary alicyclic amines) is 1. The molecule has 1 saturated carbocycles. The lowest BCUT2D eigenvalue weighted by Gasteiger charge is -2.36. The third-order valence-corrected chi connectivity index (χ3v) is 5.53. The maximum atomic E-state index is 12.3. The number of nitrogens with one attached hydrogen (secondary N) is 1. The number of carbonyl (C=O) groups excluding carboxylic acids is 1. The van der Waals surface area contributed by atoms with Crippen molar-refractivity contribution in [1.29, 1.82) is 0 Å². The molecule has 3 aliphatic rings. The maximum Gasteiger partial charge on any atom is 0.410 e. The van der Waals surface area contributed by atoms with Crippen molar-refractivity contribution in [2.75, 3.05) is 26.2 Å². The summed E-state index contributed by atoms with van der Waals surface area (Å²) in [5.74, 6) is 1.55. The lowest BCUT2D eigenvalue weighted by molar-refractivity contribution is 0.0143. The van der Waals surface area contributed by atoms with Crippen LogP contribution in [0.4, 0.5) is 4.79 Å². The Balaban J connectivity index is 1.56. The highest BCUT2D eigenvalue weighted by Gasteiger charge is 2.57. The van der Waals surface area contributed by atoms with Crippen molar-refractivity contribution < 1.29 is 9.53 Å². The highest BCUT2D eigenvalue weighted by molar-refractivity contribution is 5.68. The van der Waals surface area contributed by atoms with Crippen molar-refractivity contribution >= 4 is 6.09 Å². The summed E-state index contributed by atoms with van der Waals surface area (Å²) in [6.45, 7) is 9.96. The van der Waals surface area contributed by atoms with Gasteiger partial charge in [0, 0.05) is 13.1 Å². The van der Waals surface area contributed by atoms with Crippen molar-refractivity contribution in [3.63, 3.8) is 0 Å². The fourth-order valence-electron chi connectivity index (χ4n) is 4.38. The van der Waals surface area contributed by atoms with Crippen LogP contribution in [0.2, 0.25) is 0 Å². The number of rotatable bonds is 1. The molecule has 0 aromatic heterocycles. The second-order valence-corrected chi connectivity index (χ2v) is 8.25. The summed E-state index contributed by atoms with van der Waals surface area (Å²) in [6, 6.07) is 0. The van der Waals surface area contributed by atoms with Crippen LogP contribution in [0.25, 0.3) is 0 Å². The predicted molar refractivity (Wildman–Crippen MR) is 83.2 cm³/mol. The number of hydrogen-bond acceptors (Lipinski definition) is 3. The van der Waals surface area contributed by atoms with Crippen LogP contribution in [0.15, 0.2) is 0 Å². The molecule has 2 saturated heterocycles. The highest BCUT2D eigenvalue weighted by atomic mass is 16.6. The molecule has 0 aromatic rings. The molecule has 3 fully saturated rings. The Morgan fingerprint density at radius 2 is 2.00 bits per heavy atom. The molecule has 4 heteroatoms. The van der Waals surface area contributed by atoms with E-state index in [9.17, 15) is 4.79 Å². The molecule has 120 valence electrons. The zero-order valence-corrected chi connectivity index (χ0v) is 13.8. The van der Waals surface area contributed by atoms with Crippen LogP contribution in [-0.4, -0.2) is 42.8 Å². The van der Waals surface area contributed by atoms with Gasteiger partial charge in [-0.1, -0.05) is 0 Å². The topological polar surface area (TPSA) is 41.6 Å². The third kappa shape index (κ3) is 3.36. The minimum atomic E-state index is -0.389. The van der Waals surface area contributed by atoms with Crippen molar-refractivity contribution in [3.05, 3.63) is 0 Å². The molecule has 2 unspecified atom stereocenters. The van der Waals surface area contributed by atoms with Crippen molar-refractivity contribution in [2.24, 2.45) is 17.3 Å². The van der Waals surface area contributed by atoms with E-state index in [1.807, 2.05) is 25.7 Å². The largest absolute Gasteiger partial charge is 0.444 e. The standard InChI is InChI=1S/C17H30N2O2/c1-16(2,3)21-15(20)19-10-4-5-13(12-19)14-11-17(14)6-8-18-9-7-17/h13-14,18H,4-12H2,1-3H3. The minimum Gasteiger partial charge on any atom is -0.444 e. The van der Waals surface area contributed by atoms with E-state index < -0.39 is 0 Å². The number of ether oxygens (including phenoxy) is 1. The Bertz CT molecular complexity index is 396. The summed E-state index contributed by atoms with van der Waals surface area (Å²) in [5.41, 5.74) is 0.229. The minimum absolute atomic E-state index is 0.118. The van der Waals surface area contributed by atoms with Crippen LogP contribution >= 0.6 is 0 Å². The average molecular weight is 294 g/mol. The molecular formula is C17H30N2O2. The average Bonchev–Trinajstić information content (AvgIpc) is 3.11. The van der Waals surface area contributed by atoms with Gasteiger partial charge in [0.15, 0.2) is 0 Å². The first-order chi connectivity index (χ1) is 9.90. The quantitative estimate of drug-likeness (QED) is 0.808. The van der Waals surface area contributed by atoms with Gasteiger partial charge in [0.05, 0.1) is 0 Å². The van der Waals surface area contributed by atoms with Crippen LogP contribution < -0.4 is 5.32 Å². The first-order valence-corrected chi connectivity index (χ1v) is 8.58. The summed E-state index contributed by atoms with van der Waals surface area (Å²) < 4.78 is 5.54. The van der Waals surface area contributed by atoms with Gasteiger partial charge in [-0.3, -0.25) is 0 Å². The number of nitrogens with zero attached hydrogens (tertiary/aromatic N) is 1. The number of piperidine rings is 2. The van der Waals surface area contributed by atoms with Gasteiger partial charge in [-0.05, 0) is 83.2 Å². The van der Waals surface area contributed by atoms with E-state index in [2.05, 4.69) is 5.32 Å². The van der Waals surface area contributed by atoms with E-state index in [0.717, 1.165) is 25.4 Å². The van der Waals surface area contributed by atoms with E-state index in [-0.39, 0.29) is 11.7 Å². The van der Waals surface area contributed by atoms with Gasteiger partial charge in [0.1, 0.15) is 5.60 Å². The van der Waals surface area contributed by atoms with E-state index in [1.165, 1.54) is 38.8 Å². The van der Waals surface area contributed by atoms with Gasteiger partial charge < -0.3 is 15.0 Å². The molecular weight excluding hydrogens is 264 g/mol. The van der Waals surface area contributed by atoms with Crippen LogP contribution in [0.3, 0.4) is 0 Å². The van der Waals surface area contributed by atoms with Gasteiger partial charge in [-0.25, -0.2) is 4.79 Å². The summed E-state index contributed by atoms with van der Waals surface area (Å²) in [7, 11) is 0. The monoisotopic (exact) mass is 294 g/mol. The lowest BCUT2D eigenvalue weighted by atomic mass is 9.84. The molecule has 2 atom stereocenters. The summed E-state index contributed by atoms with van der Waals surface area (Å²) in [5, 5.41) is 3.47. The van der Waals surface area contributed by atoms with E-state index >= 15 is 0 Å². The van der Waals surface area contributed by atoms with Gasteiger partial charge in [0.2, 0.25) is 0 Å². The Labute approximate surface area is 128 Å². The van der Waals surface area contributed by atoms with Gasteiger partial charge >= 0.3 is 6.09 Å². The molecule has 0 radical (unpaired) electrons. The number of amides is 1. The van der Waals surface area contributed by atoms with E-state index in [0.29, 0.717) is 11.3 Å². The second-order valence-electron chi connectivity index (χ2n) is 8.25.